The number of benzene rings is 1. The summed E-state index contributed by atoms with van der Waals surface area (Å²) < 4.78 is 39.8. The Bertz CT molecular complexity index is 1130. The average Bonchev–Trinajstić information content (AvgIpc) is 3.36. The minimum absolute atomic E-state index is 0.257. The summed E-state index contributed by atoms with van der Waals surface area (Å²) in [6.45, 7) is 3.16. The maximum atomic E-state index is 12.8. The molecule has 1 aromatic carbocycles. The zero-order valence-electron chi connectivity index (χ0n) is 19.2. The Morgan fingerprint density at radius 3 is 2.76 bits per heavy atom. The molecule has 33 heavy (non-hydrogen) atoms. The Hall–Kier alpha value is -2.81. The summed E-state index contributed by atoms with van der Waals surface area (Å²) in [5, 5.41) is 5.56. The van der Waals surface area contributed by atoms with Gasteiger partial charge in [-0.1, -0.05) is 18.2 Å². The lowest BCUT2D eigenvalue weighted by atomic mass is 9.99. The topological polar surface area (TPSA) is 57.2 Å². The number of para-hydroxylation sites is 1. The van der Waals surface area contributed by atoms with E-state index in [0.717, 1.165) is 36.2 Å². The molecular formula is C24H30F3N5O. The second-order valence-electron chi connectivity index (χ2n) is 9.03. The highest BCUT2D eigenvalue weighted by atomic mass is 19.4. The van der Waals surface area contributed by atoms with Crippen molar-refractivity contribution < 1.29 is 18.0 Å². The van der Waals surface area contributed by atoms with Crippen molar-refractivity contribution in [1.29, 1.82) is 0 Å². The first kappa shape index (κ1) is 23.4. The molecule has 1 aliphatic heterocycles. The zero-order valence-corrected chi connectivity index (χ0v) is 19.2. The van der Waals surface area contributed by atoms with E-state index >= 15 is 0 Å². The fraction of sp³-hybridized carbons (Fsp3) is 0.500. The molecule has 1 N–H and O–H groups in total. The molecule has 6 nitrogen and oxygen atoms in total. The molecular weight excluding hydrogens is 431 g/mol. The van der Waals surface area contributed by atoms with Crippen molar-refractivity contribution in [1.82, 2.24) is 24.6 Å². The zero-order chi connectivity index (χ0) is 23.8. The van der Waals surface area contributed by atoms with E-state index < -0.39 is 12.6 Å². The minimum atomic E-state index is -4.26. The molecule has 1 aliphatic rings. The van der Waals surface area contributed by atoms with Crippen LogP contribution in [0.15, 0.2) is 30.5 Å². The number of H-pyrrole nitrogens is 1. The van der Waals surface area contributed by atoms with Crippen molar-refractivity contribution in [3.63, 3.8) is 0 Å². The second kappa shape index (κ2) is 9.21. The monoisotopic (exact) mass is 461 g/mol. The highest BCUT2D eigenvalue weighted by molar-refractivity contribution is 5.93. The van der Waals surface area contributed by atoms with E-state index in [4.69, 9.17) is 0 Å². The van der Waals surface area contributed by atoms with Crippen LogP contribution in [0.4, 0.5) is 13.2 Å². The van der Waals surface area contributed by atoms with Crippen LogP contribution in [0.3, 0.4) is 0 Å². The van der Waals surface area contributed by atoms with Crippen LogP contribution in [0.1, 0.15) is 47.1 Å². The number of aromatic nitrogens is 3. The molecule has 0 saturated carbocycles. The Morgan fingerprint density at radius 2 is 2.03 bits per heavy atom. The number of fused-ring (bicyclic) bond motifs is 2. The van der Waals surface area contributed by atoms with Crippen LogP contribution in [0.5, 0.6) is 0 Å². The number of aryl methyl sites for hydroxylation is 2. The van der Waals surface area contributed by atoms with Crippen LogP contribution in [0.25, 0.3) is 10.9 Å². The van der Waals surface area contributed by atoms with E-state index in [0.29, 0.717) is 13.0 Å². The summed E-state index contributed by atoms with van der Waals surface area (Å²) in [4.78, 5) is 19.8. The van der Waals surface area contributed by atoms with Crippen molar-refractivity contribution in [3.8, 4) is 0 Å². The van der Waals surface area contributed by atoms with E-state index in [9.17, 15) is 18.0 Å². The maximum absolute atomic E-state index is 12.8. The largest absolute Gasteiger partial charge is 0.390 e. The van der Waals surface area contributed by atoms with Gasteiger partial charge in [-0.25, -0.2) is 0 Å². The molecule has 0 aliphatic carbocycles. The van der Waals surface area contributed by atoms with E-state index in [1.54, 1.807) is 14.1 Å². The van der Waals surface area contributed by atoms with Gasteiger partial charge >= 0.3 is 6.18 Å². The van der Waals surface area contributed by atoms with Gasteiger partial charge in [0, 0.05) is 74.5 Å². The summed E-state index contributed by atoms with van der Waals surface area (Å²) in [6, 6.07) is 8.49. The molecule has 9 heteroatoms. The summed E-state index contributed by atoms with van der Waals surface area (Å²) in [6.07, 6.45) is -0.717. The van der Waals surface area contributed by atoms with E-state index in [2.05, 4.69) is 40.2 Å². The van der Waals surface area contributed by atoms with Gasteiger partial charge in [0.25, 0.3) is 5.91 Å². The number of rotatable bonds is 7. The Balaban J connectivity index is 1.50. The number of hydrogen-bond donors (Lipinski definition) is 1. The number of amides is 1. The lowest BCUT2D eigenvalue weighted by molar-refractivity contribution is -0.137. The first-order valence-electron chi connectivity index (χ1n) is 11.3. The van der Waals surface area contributed by atoms with Gasteiger partial charge in [-0.3, -0.25) is 14.4 Å². The molecule has 1 unspecified atom stereocenters. The molecule has 0 fully saturated rings. The van der Waals surface area contributed by atoms with Gasteiger partial charge in [-0.05, 0) is 31.4 Å². The lowest BCUT2D eigenvalue weighted by Gasteiger charge is -2.33. The second-order valence-corrected chi connectivity index (χ2v) is 9.03. The van der Waals surface area contributed by atoms with Crippen LogP contribution in [-0.2, 0) is 25.9 Å². The highest BCUT2D eigenvalue weighted by Gasteiger charge is 2.32. The van der Waals surface area contributed by atoms with Gasteiger partial charge in [0.2, 0.25) is 0 Å². The molecule has 178 valence electrons. The molecule has 0 bridgehead atoms. The number of carbonyl (C=O) groups excluding carboxylic acids is 1. The smallest absolute Gasteiger partial charge is 0.361 e. The quantitative estimate of drug-likeness (QED) is 0.568. The standard InChI is InChI=1S/C24H30F3N5O/c1-16(8-9-17-14-28-20-7-5-4-6-18(17)20)31-12-10-21-19(15-31)22(23(33)30(2)3)29-32(21)13-11-24(25,26)27/h4-7,14,16,28H,8-13,15H2,1-3H3. The van der Waals surface area contributed by atoms with Gasteiger partial charge in [-0.15, -0.1) is 0 Å². The lowest BCUT2D eigenvalue weighted by Crippen LogP contribution is -2.39. The summed E-state index contributed by atoms with van der Waals surface area (Å²) in [5.41, 5.74) is 4.19. The maximum Gasteiger partial charge on any atom is 0.390 e. The Morgan fingerprint density at radius 1 is 1.27 bits per heavy atom. The molecule has 3 aromatic rings. The van der Waals surface area contributed by atoms with Gasteiger partial charge in [-0.2, -0.15) is 18.3 Å². The van der Waals surface area contributed by atoms with Gasteiger partial charge in [0.15, 0.2) is 5.69 Å². The summed E-state index contributed by atoms with van der Waals surface area (Å²) in [7, 11) is 3.27. The van der Waals surface area contributed by atoms with Crippen molar-refractivity contribution >= 4 is 16.8 Å². The van der Waals surface area contributed by atoms with Crippen LogP contribution in [0.2, 0.25) is 0 Å². The van der Waals surface area contributed by atoms with Crippen molar-refractivity contribution in [3.05, 3.63) is 53.0 Å². The number of hydrogen-bond acceptors (Lipinski definition) is 3. The Kier molecular flexibility index (Phi) is 6.52. The SMILES string of the molecule is CC(CCc1c[nH]c2ccccc12)N1CCc2c(c(C(=O)N(C)C)nn2CCC(F)(F)F)C1. The van der Waals surface area contributed by atoms with Crippen molar-refractivity contribution in [2.24, 2.45) is 0 Å². The molecule has 0 saturated heterocycles. The van der Waals surface area contributed by atoms with Crippen molar-refractivity contribution in [2.75, 3.05) is 20.6 Å². The van der Waals surface area contributed by atoms with Crippen LogP contribution in [-0.4, -0.2) is 63.3 Å². The predicted molar refractivity (Wildman–Crippen MR) is 121 cm³/mol. The van der Waals surface area contributed by atoms with E-state index in [1.807, 2.05) is 12.1 Å². The molecule has 0 spiro atoms. The van der Waals surface area contributed by atoms with Crippen molar-refractivity contribution in [2.45, 2.75) is 57.9 Å². The molecule has 0 radical (unpaired) electrons. The minimum Gasteiger partial charge on any atom is -0.361 e. The number of alkyl halides is 3. The molecule has 1 amide bonds. The van der Waals surface area contributed by atoms with Gasteiger partial charge in [0.05, 0.1) is 6.42 Å². The summed E-state index contributed by atoms with van der Waals surface area (Å²) >= 11 is 0. The molecule has 1 atom stereocenters. The van der Waals surface area contributed by atoms with Gasteiger partial charge < -0.3 is 9.88 Å². The number of aromatic amines is 1. The number of nitrogens with zero attached hydrogens (tertiary/aromatic N) is 4. The number of nitrogens with one attached hydrogen (secondary N) is 1. The average molecular weight is 462 g/mol. The Labute approximate surface area is 191 Å². The third-order valence-electron chi connectivity index (χ3n) is 6.51. The molecule has 3 heterocycles. The summed E-state index contributed by atoms with van der Waals surface area (Å²) in [5.74, 6) is -0.273. The highest BCUT2D eigenvalue weighted by Crippen LogP contribution is 2.28. The van der Waals surface area contributed by atoms with Crippen LogP contribution < -0.4 is 0 Å². The number of carbonyl (C=O) groups is 1. The normalized spacial score (nSPS) is 15.6. The van der Waals surface area contributed by atoms with E-state index in [-0.39, 0.29) is 24.2 Å². The third-order valence-corrected chi connectivity index (χ3v) is 6.51. The molecule has 2 aromatic heterocycles. The third kappa shape index (κ3) is 5.08. The molecule has 4 rings (SSSR count). The fourth-order valence-corrected chi connectivity index (χ4v) is 4.57. The van der Waals surface area contributed by atoms with Crippen LogP contribution >= 0.6 is 0 Å². The predicted octanol–water partition coefficient (Wildman–Crippen LogP) is 4.40. The first-order chi connectivity index (χ1) is 15.6. The first-order valence-corrected chi connectivity index (χ1v) is 11.3. The van der Waals surface area contributed by atoms with Gasteiger partial charge in [0.1, 0.15) is 0 Å². The van der Waals surface area contributed by atoms with E-state index in [1.165, 1.54) is 20.5 Å². The number of halogens is 3. The fourth-order valence-electron chi connectivity index (χ4n) is 4.57. The van der Waals surface area contributed by atoms with Crippen LogP contribution in [0, 0.1) is 0 Å².